The molecule has 1 amide bonds. The quantitative estimate of drug-likeness (QED) is 0.743. The molecule has 1 unspecified atom stereocenters. The number of nitrogens with zero attached hydrogens (tertiary/aromatic N) is 2. The van der Waals surface area contributed by atoms with Crippen molar-refractivity contribution in [3.8, 4) is 0 Å². The highest BCUT2D eigenvalue weighted by molar-refractivity contribution is 7.99. The van der Waals surface area contributed by atoms with Crippen molar-refractivity contribution < 1.29 is 9.90 Å². The molecule has 1 aliphatic heterocycles. The summed E-state index contributed by atoms with van der Waals surface area (Å²) in [5, 5.41) is 12.1. The summed E-state index contributed by atoms with van der Waals surface area (Å²) in [6, 6.07) is -0.172. The van der Waals surface area contributed by atoms with Crippen LogP contribution < -0.4 is 10.9 Å². The molecule has 0 aromatic carbocycles. The van der Waals surface area contributed by atoms with Gasteiger partial charge in [0, 0.05) is 31.1 Å². The topological polar surface area (TPSA) is 84.2 Å². The Morgan fingerprint density at radius 1 is 1.72 bits per heavy atom. The normalized spacial score (nSPS) is 15.2. The first-order chi connectivity index (χ1) is 8.63. The SMILES string of the molecule is CC(CCO)NC(=O)c1cnc2n(c1=O)CCS2. The highest BCUT2D eigenvalue weighted by Crippen LogP contribution is 2.20. The molecule has 2 N–H and O–H groups in total. The molecule has 2 heterocycles. The molecule has 2 rings (SSSR count). The van der Waals surface area contributed by atoms with E-state index in [1.54, 1.807) is 6.92 Å². The second-order valence-corrected chi connectivity index (χ2v) is 5.21. The molecule has 0 bridgehead atoms. The molecule has 1 atom stereocenters. The standard InChI is InChI=1S/C11H15N3O3S/c1-7(2-4-15)13-9(16)8-6-12-11-14(10(8)17)3-5-18-11/h6-7,15H,2-5H2,1H3,(H,13,16). The molecule has 0 saturated heterocycles. The summed E-state index contributed by atoms with van der Waals surface area (Å²) in [4.78, 5) is 28.0. The van der Waals surface area contributed by atoms with Crippen molar-refractivity contribution in [2.24, 2.45) is 0 Å². The molecule has 6 nitrogen and oxygen atoms in total. The molecular formula is C11H15N3O3S. The fourth-order valence-corrected chi connectivity index (χ4v) is 2.65. The van der Waals surface area contributed by atoms with E-state index >= 15 is 0 Å². The fraction of sp³-hybridized carbons (Fsp3) is 0.545. The number of thioether (sulfide) groups is 1. The lowest BCUT2D eigenvalue weighted by Crippen LogP contribution is -2.38. The van der Waals surface area contributed by atoms with Crippen LogP contribution in [0.5, 0.6) is 0 Å². The van der Waals surface area contributed by atoms with E-state index in [9.17, 15) is 9.59 Å². The maximum absolute atomic E-state index is 12.0. The number of hydrogen-bond donors (Lipinski definition) is 2. The average molecular weight is 269 g/mol. The summed E-state index contributed by atoms with van der Waals surface area (Å²) >= 11 is 1.51. The predicted octanol–water partition coefficient (Wildman–Crippen LogP) is -0.150. The van der Waals surface area contributed by atoms with Gasteiger partial charge in [-0.3, -0.25) is 14.2 Å². The summed E-state index contributed by atoms with van der Waals surface area (Å²) < 4.78 is 1.52. The maximum atomic E-state index is 12.0. The number of aromatic nitrogens is 2. The van der Waals surface area contributed by atoms with E-state index in [-0.39, 0.29) is 23.8 Å². The Labute approximate surface area is 108 Å². The van der Waals surface area contributed by atoms with Crippen LogP contribution in [0.1, 0.15) is 23.7 Å². The van der Waals surface area contributed by atoms with Crippen LogP contribution >= 0.6 is 11.8 Å². The van der Waals surface area contributed by atoms with Gasteiger partial charge in [-0.25, -0.2) is 4.98 Å². The Morgan fingerprint density at radius 2 is 2.50 bits per heavy atom. The molecule has 0 radical (unpaired) electrons. The van der Waals surface area contributed by atoms with Gasteiger partial charge in [-0.05, 0) is 13.3 Å². The van der Waals surface area contributed by atoms with E-state index in [1.807, 2.05) is 0 Å². The number of aliphatic hydroxyl groups excluding tert-OH is 1. The van der Waals surface area contributed by atoms with E-state index in [0.29, 0.717) is 18.1 Å². The van der Waals surface area contributed by atoms with Gasteiger partial charge in [0.2, 0.25) is 0 Å². The molecule has 1 aromatic heterocycles. The first kappa shape index (κ1) is 13.1. The van der Waals surface area contributed by atoms with Gasteiger partial charge in [0.1, 0.15) is 5.56 Å². The van der Waals surface area contributed by atoms with Crippen LogP contribution in [0.15, 0.2) is 16.1 Å². The van der Waals surface area contributed by atoms with Gasteiger partial charge in [-0.2, -0.15) is 0 Å². The minimum absolute atomic E-state index is 0.000489. The third kappa shape index (κ3) is 2.56. The van der Waals surface area contributed by atoms with E-state index in [1.165, 1.54) is 22.5 Å². The van der Waals surface area contributed by atoms with Gasteiger partial charge in [0.25, 0.3) is 11.5 Å². The number of carbonyl (C=O) groups is 1. The van der Waals surface area contributed by atoms with E-state index in [0.717, 1.165) is 5.75 Å². The molecule has 7 heteroatoms. The molecule has 98 valence electrons. The number of aliphatic hydroxyl groups is 1. The molecule has 1 aromatic rings. The Bertz CT molecular complexity index is 515. The molecule has 0 spiro atoms. The lowest BCUT2D eigenvalue weighted by Gasteiger charge is -2.12. The number of fused-ring (bicyclic) bond motifs is 1. The second-order valence-electron chi connectivity index (χ2n) is 4.15. The lowest BCUT2D eigenvalue weighted by molar-refractivity contribution is 0.0931. The summed E-state index contributed by atoms with van der Waals surface area (Å²) in [5.74, 6) is 0.384. The monoisotopic (exact) mass is 269 g/mol. The smallest absolute Gasteiger partial charge is 0.267 e. The van der Waals surface area contributed by atoms with Gasteiger partial charge in [0.15, 0.2) is 5.16 Å². The molecule has 0 fully saturated rings. The van der Waals surface area contributed by atoms with Crippen molar-refractivity contribution in [3.05, 3.63) is 22.1 Å². The van der Waals surface area contributed by atoms with Crippen molar-refractivity contribution in [1.82, 2.24) is 14.9 Å². The van der Waals surface area contributed by atoms with Crippen molar-refractivity contribution >= 4 is 17.7 Å². The van der Waals surface area contributed by atoms with E-state index in [2.05, 4.69) is 10.3 Å². The summed E-state index contributed by atoms with van der Waals surface area (Å²) in [6.45, 7) is 2.38. The maximum Gasteiger partial charge on any atom is 0.267 e. The van der Waals surface area contributed by atoms with Crippen LogP contribution in [0, 0.1) is 0 Å². The Kier molecular flexibility index (Phi) is 4.03. The van der Waals surface area contributed by atoms with Gasteiger partial charge < -0.3 is 10.4 Å². The van der Waals surface area contributed by atoms with Crippen LogP contribution in [0.25, 0.3) is 0 Å². The van der Waals surface area contributed by atoms with Crippen molar-refractivity contribution in [3.63, 3.8) is 0 Å². The van der Waals surface area contributed by atoms with Gasteiger partial charge in [-0.1, -0.05) is 11.8 Å². The van der Waals surface area contributed by atoms with Crippen LogP contribution in [0.3, 0.4) is 0 Å². The molecule has 1 aliphatic rings. The predicted molar refractivity (Wildman–Crippen MR) is 67.9 cm³/mol. The number of hydrogen-bond acceptors (Lipinski definition) is 5. The molecule has 18 heavy (non-hydrogen) atoms. The van der Waals surface area contributed by atoms with Crippen molar-refractivity contribution in [2.45, 2.75) is 31.1 Å². The lowest BCUT2D eigenvalue weighted by atomic mass is 10.2. The largest absolute Gasteiger partial charge is 0.396 e. The minimum atomic E-state index is -0.430. The number of rotatable bonds is 4. The molecule has 0 saturated carbocycles. The van der Waals surface area contributed by atoms with Crippen molar-refractivity contribution in [2.75, 3.05) is 12.4 Å². The highest BCUT2D eigenvalue weighted by atomic mass is 32.2. The zero-order valence-electron chi connectivity index (χ0n) is 10.0. The first-order valence-corrected chi connectivity index (χ1v) is 6.76. The van der Waals surface area contributed by atoms with Crippen LogP contribution in [-0.4, -0.2) is 39.0 Å². The Balaban J connectivity index is 2.19. The Morgan fingerprint density at radius 3 is 3.22 bits per heavy atom. The van der Waals surface area contributed by atoms with Gasteiger partial charge in [-0.15, -0.1) is 0 Å². The highest BCUT2D eigenvalue weighted by Gasteiger charge is 2.20. The first-order valence-electron chi connectivity index (χ1n) is 5.78. The molecular weight excluding hydrogens is 254 g/mol. The summed E-state index contributed by atoms with van der Waals surface area (Å²) in [6.07, 6.45) is 1.79. The van der Waals surface area contributed by atoms with Crippen LogP contribution in [-0.2, 0) is 6.54 Å². The number of carbonyl (C=O) groups excluding carboxylic acids is 1. The average Bonchev–Trinajstić information content (AvgIpc) is 2.78. The van der Waals surface area contributed by atoms with Gasteiger partial charge >= 0.3 is 0 Å². The zero-order valence-corrected chi connectivity index (χ0v) is 10.9. The number of amides is 1. The summed E-state index contributed by atoms with van der Waals surface area (Å²) in [7, 11) is 0. The van der Waals surface area contributed by atoms with E-state index < -0.39 is 5.91 Å². The van der Waals surface area contributed by atoms with Crippen molar-refractivity contribution in [1.29, 1.82) is 0 Å². The fourth-order valence-electron chi connectivity index (χ4n) is 1.74. The molecule has 0 aliphatic carbocycles. The summed E-state index contributed by atoms with van der Waals surface area (Å²) in [5.41, 5.74) is -0.232. The van der Waals surface area contributed by atoms with Gasteiger partial charge in [0.05, 0.1) is 0 Å². The Hall–Kier alpha value is -1.34. The third-order valence-electron chi connectivity index (χ3n) is 2.74. The van der Waals surface area contributed by atoms with Crippen LogP contribution in [0.2, 0.25) is 0 Å². The zero-order chi connectivity index (χ0) is 13.1. The number of nitrogens with one attached hydrogen (secondary N) is 1. The van der Waals surface area contributed by atoms with Crippen LogP contribution in [0.4, 0.5) is 0 Å². The third-order valence-corrected chi connectivity index (χ3v) is 3.71. The van der Waals surface area contributed by atoms with E-state index in [4.69, 9.17) is 5.11 Å². The second kappa shape index (κ2) is 5.53. The minimum Gasteiger partial charge on any atom is -0.396 e.